The second-order valence-corrected chi connectivity index (χ2v) is 6.55. The summed E-state index contributed by atoms with van der Waals surface area (Å²) in [7, 11) is 0. The SMILES string of the molecule is CC(C)CNCC1CCCCN1Cc1ccncc1Cl. The van der Waals surface area contributed by atoms with Gasteiger partial charge in [0.2, 0.25) is 0 Å². The van der Waals surface area contributed by atoms with Crippen molar-refractivity contribution in [1.82, 2.24) is 15.2 Å². The fourth-order valence-electron chi connectivity index (χ4n) is 2.79. The lowest BCUT2D eigenvalue weighted by atomic mass is 10.0. The van der Waals surface area contributed by atoms with Crippen LogP contribution >= 0.6 is 11.6 Å². The minimum absolute atomic E-state index is 0.631. The molecule has 1 aliphatic heterocycles. The van der Waals surface area contributed by atoms with Crippen molar-refractivity contribution >= 4 is 11.6 Å². The second kappa shape index (κ2) is 7.96. The molecular formula is C16H26ClN3. The molecule has 0 aromatic carbocycles. The van der Waals surface area contributed by atoms with Crippen molar-refractivity contribution in [3.8, 4) is 0 Å². The highest BCUT2D eigenvalue weighted by atomic mass is 35.5. The van der Waals surface area contributed by atoms with Crippen LogP contribution in [0.5, 0.6) is 0 Å². The first kappa shape index (κ1) is 15.7. The Morgan fingerprint density at radius 3 is 3.05 bits per heavy atom. The number of nitrogens with zero attached hydrogens (tertiary/aromatic N) is 2. The van der Waals surface area contributed by atoms with Crippen LogP contribution in [0.4, 0.5) is 0 Å². The van der Waals surface area contributed by atoms with Gasteiger partial charge in [-0.25, -0.2) is 0 Å². The lowest BCUT2D eigenvalue weighted by Gasteiger charge is -2.36. The first-order valence-electron chi connectivity index (χ1n) is 7.70. The highest BCUT2D eigenvalue weighted by Gasteiger charge is 2.22. The lowest BCUT2D eigenvalue weighted by molar-refractivity contribution is 0.137. The van der Waals surface area contributed by atoms with E-state index < -0.39 is 0 Å². The molecule has 0 bridgehead atoms. The number of nitrogens with one attached hydrogen (secondary N) is 1. The maximum atomic E-state index is 6.23. The topological polar surface area (TPSA) is 28.2 Å². The summed E-state index contributed by atoms with van der Waals surface area (Å²) < 4.78 is 0. The fourth-order valence-corrected chi connectivity index (χ4v) is 2.97. The van der Waals surface area contributed by atoms with Crippen LogP contribution in [0.15, 0.2) is 18.5 Å². The first-order valence-corrected chi connectivity index (χ1v) is 8.07. The van der Waals surface area contributed by atoms with Crippen LogP contribution in [0.1, 0.15) is 38.7 Å². The number of piperidine rings is 1. The Kier molecular flexibility index (Phi) is 6.27. The monoisotopic (exact) mass is 295 g/mol. The number of hydrogen-bond donors (Lipinski definition) is 1. The molecule has 0 saturated carbocycles. The Morgan fingerprint density at radius 1 is 1.45 bits per heavy atom. The van der Waals surface area contributed by atoms with Gasteiger partial charge in [0.25, 0.3) is 0 Å². The molecule has 1 atom stereocenters. The summed E-state index contributed by atoms with van der Waals surface area (Å²) >= 11 is 6.23. The van der Waals surface area contributed by atoms with Gasteiger partial charge in [-0.15, -0.1) is 0 Å². The van der Waals surface area contributed by atoms with Crippen molar-refractivity contribution < 1.29 is 0 Å². The maximum Gasteiger partial charge on any atom is 0.0634 e. The van der Waals surface area contributed by atoms with Crippen molar-refractivity contribution in [3.63, 3.8) is 0 Å². The molecule has 0 radical (unpaired) electrons. The number of likely N-dealkylation sites (tertiary alicyclic amines) is 1. The zero-order valence-corrected chi connectivity index (χ0v) is 13.4. The van der Waals surface area contributed by atoms with Crippen LogP contribution in [0.25, 0.3) is 0 Å². The molecule has 0 spiro atoms. The number of halogens is 1. The summed E-state index contributed by atoms with van der Waals surface area (Å²) in [6.45, 7) is 8.80. The quantitative estimate of drug-likeness (QED) is 0.872. The third-order valence-corrected chi connectivity index (χ3v) is 4.25. The van der Waals surface area contributed by atoms with E-state index in [0.29, 0.717) is 12.0 Å². The van der Waals surface area contributed by atoms with Crippen LogP contribution < -0.4 is 5.32 Å². The molecule has 112 valence electrons. The Morgan fingerprint density at radius 2 is 2.30 bits per heavy atom. The van der Waals surface area contributed by atoms with E-state index >= 15 is 0 Å². The third-order valence-electron chi connectivity index (χ3n) is 3.91. The molecule has 1 aliphatic rings. The van der Waals surface area contributed by atoms with Gasteiger partial charge in [0.15, 0.2) is 0 Å². The summed E-state index contributed by atoms with van der Waals surface area (Å²) in [4.78, 5) is 6.63. The Labute approximate surface area is 127 Å². The molecule has 1 aromatic heterocycles. The Hall–Kier alpha value is -0.640. The van der Waals surface area contributed by atoms with E-state index in [1.807, 2.05) is 12.3 Å². The van der Waals surface area contributed by atoms with E-state index in [1.165, 1.54) is 31.4 Å². The zero-order valence-electron chi connectivity index (χ0n) is 12.6. The van der Waals surface area contributed by atoms with Crippen LogP contribution in [-0.4, -0.2) is 35.6 Å². The van der Waals surface area contributed by atoms with E-state index in [-0.39, 0.29) is 0 Å². The summed E-state index contributed by atoms with van der Waals surface area (Å²) in [6.07, 6.45) is 7.50. The molecule has 1 N–H and O–H groups in total. The molecule has 1 aromatic rings. The molecule has 2 rings (SSSR count). The standard InChI is InChI=1S/C16H26ClN3/c1-13(2)9-19-10-15-5-3-4-8-20(15)12-14-6-7-18-11-16(14)17/h6-7,11,13,15,19H,3-5,8-10,12H2,1-2H3. The molecule has 20 heavy (non-hydrogen) atoms. The zero-order chi connectivity index (χ0) is 14.4. The number of hydrogen-bond acceptors (Lipinski definition) is 3. The van der Waals surface area contributed by atoms with E-state index in [9.17, 15) is 0 Å². The highest BCUT2D eigenvalue weighted by Crippen LogP contribution is 2.22. The number of pyridine rings is 1. The lowest BCUT2D eigenvalue weighted by Crippen LogP contribution is -2.45. The predicted molar refractivity (Wildman–Crippen MR) is 85.0 cm³/mol. The van der Waals surface area contributed by atoms with Crippen LogP contribution in [0.3, 0.4) is 0 Å². The molecule has 1 saturated heterocycles. The Balaban J connectivity index is 1.91. The molecule has 4 heteroatoms. The fraction of sp³-hybridized carbons (Fsp3) is 0.688. The van der Waals surface area contributed by atoms with Crippen LogP contribution in [0, 0.1) is 5.92 Å². The summed E-state index contributed by atoms with van der Waals surface area (Å²) in [5, 5.41) is 4.38. The summed E-state index contributed by atoms with van der Waals surface area (Å²) in [6, 6.07) is 2.67. The van der Waals surface area contributed by atoms with Crippen molar-refractivity contribution in [2.75, 3.05) is 19.6 Å². The predicted octanol–water partition coefficient (Wildman–Crippen LogP) is 3.34. The molecule has 1 fully saturated rings. The number of aromatic nitrogens is 1. The normalized spacial score (nSPS) is 20.5. The van der Waals surface area contributed by atoms with Gasteiger partial charge >= 0.3 is 0 Å². The first-order chi connectivity index (χ1) is 9.66. The highest BCUT2D eigenvalue weighted by molar-refractivity contribution is 6.31. The minimum Gasteiger partial charge on any atom is -0.315 e. The van der Waals surface area contributed by atoms with Crippen molar-refractivity contribution in [1.29, 1.82) is 0 Å². The summed E-state index contributed by atoms with van der Waals surface area (Å²) in [5.41, 5.74) is 1.19. The van der Waals surface area contributed by atoms with Crippen LogP contribution in [0.2, 0.25) is 5.02 Å². The number of rotatable bonds is 6. The van der Waals surface area contributed by atoms with E-state index in [4.69, 9.17) is 11.6 Å². The van der Waals surface area contributed by atoms with Crippen molar-refractivity contribution in [2.45, 2.75) is 45.7 Å². The van der Waals surface area contributed by atoms with Gasteiger partial charge in [0, 0.05) is 31.5 Å². The minimum atomic E-state index is 0.631. The average molecular weight is 296 g/mol. The van der Waals surface area contributed by atoms with Gasteiger partial charge in [-0.1, -0.05) is 31.9 Å². The van der Waals surface area contributed by atoms with Gasteiger partial charge in [0.05, 0.1) is 5.02 Å². The largest absolute Gasteiger partial charge is 0.315 e. The third kappa shape index (κ3) is 4.72. The van der Waals surface area contributed by atoms with Crippen molar-refractivity contribution in [2.24, 2.45) is 5.92 Å². The molecule has 1 unspecified atom stereocenters. The van der Waals surface area contributed by atoms with Crippen LogP contribution in [-0.2, 0) is 6.54 Å². The molecule has 0 aliphatic carbocycles. The van der Waals surface area contributed by atoms with Crippen molar-refractivity contribution in [3.05, 3.63) is 29.0 Å². The van der Waals surface area contributed by atoms with Gasteiger partial charge in [-0.05, 0) is 43.5 Å². The van der Waals surface area contributed by atoms with Gasteiger partial charge in [-0.2, -0.15) is 0 Å². The molecule has 3 nitrogen and oxygen atoms in total. The van der Waals surface area contributed by atoms with E-state index in [0.717, 1.165) is 24.7 Å². The van der Waals surface area contributed by atoms with E-state index in [1.54, 1.807) is 6.20 Å². The Bertz CT molecular complexity index is 408. The molecule has 0 amide bonds. The van der Waals surface area contributed by atoms with Gasteiger partial charge < -0.3 is 5.32 Å². The summed E-state index contributed by atoms with van der Waals surface area (Å²) in [5.74, 6) is 0.710. The maximum absolute atomic E-state index is 6.23. The average Bonchev–Trinajstić information content (AvgIpc) is 2.43. The molecular weight excluding hydrogens is 270 g/mol. The van der Waals surface area contributed by atoms with Gasteiger partial charge in [0.1, 0.15) is 0 Å². The molecule has 2 heterocycles. The van der Waals surface area contributed by atoms with Gasteiger partial charge in [-0.3, -0.25) is 9.88 Å². The smallest absolute Gasteiger partial charge is 0.0634 e. The van der Waals surface area contributed by atoms with E-state index in [2.05, 4.69) is 29.0 Å². The second-order valence-electron chi connectivity index (χ2n) is 6.14.